The molecule has 1 aromatic heterocycles. The van der Waals surface area contributed by atoms with Gasteiger partial charge in [-0.1, -0.05) is 18.2 Å². The number of nitrogens with zero attached hydrogens (tertiary/aromatic N) is 2. The van der Waals surface area contributed by atoms with Gasteiger partial charge in [-0.2, -0.15) is 0 Å². The first kappa shape index (κ1) is 18.5. The fourth-order valence-corrected chi connectivity index (χ4v) is 4.26. The average Bonchev–Trinajstić information content (AvgIpc) is 3.37. The molecule has 1 fully saturated rings. The standard InChI is InChI=1S/C22H22N2O3S/c1-26-19-10-5-15(12-20(19)27-2)13-21-23-18(14-28-21)16-6-8-17(9-7-16)24-11-3-4-22(24)25/h5-10,12,14H,3-4,11,13H2,1-2H3. The first-order valence-corrected chi connectivity index (χ1v) is 10.1. The van der Waals surface area contributed by atoms with Crippen molar-refractivity contribution in [2.24, 2.45) is 0 Å². The topological polar surface area (TPSA) is 51.7 Å². The molecule has 1 aliphatic heterocycles. The molecular weight excluding hydrogens is 372 g/mol. The van der Waals surface area contributed by atoms with Crippen molar-refractivity contribution in [3.05, 3.63) is 58.4 Å². The SMILES string of the molecule is COc1ccc(Cc2nc(-c3ccc(N4CCCC4=O)cc3)cs2)cc1OC. The van der Waals surface area contributed by atoms with Crippen molar-refractivity contribution >= 4 is 22.9 Å². The highest BCUT2D eigenvalue weighted by Crippen LogP contribution is 2.30. The van der Waals surface area contributed by atoms with Crippen LogP contribution in [0.1, 0.15) is 23.4 Å². The molecule has 0 radical (unpaired) electrons. The Kier molecular flexibility index (Phi) is 5.30. The van der Waals surface area contributed by atoms with E-state index in [1.54, 1.807) is 25.6 Å². The molecule has 2 aromatic carbocycles. The van der Waals surface area contributed by atoms with Crippen LogP contribution in [0.2, 0.25) is 0 Å². The number of methoxy groups -OCH3 is 2. The number of hydrogen-bond donors (Lipinski definition) is 0. The van der Waals surface area contributed by atoms with Crippen LogP contribution in [0, 0.1) is 0 Å². The third kappa shape index (κ3) is 3.73. The van der Waals surface area contributed by atoms with Gasteiger partial charge in [0.15, 0.2) is 11.5 Å². The smallest absolute Gasteiger partial charge is 0.227 e. The molecule has 0 spiro atoms. The van der Waals surface area contributed by atoms with E-state index in [0.717, 1.165) is 58.4 Å². The van der Waals surface area contributed by atoms with Gasteiger partial charge >= 0.3 is 0 Å². The molecule has 2 heterocycles. The van der Waals surface area contributed by atoms with E-state index in [0.29, 0.717) is 6.42 Å². The molecule has 0 atom stereocenters. The maximum atomic E-state index is 11.9. The maximum absolute atomic E-state index is 11.9. The van der Waals surface area contributed by atoms with E-state index in [-0.39, 0.29) is 5.91 Å². The number of ether oxygens (including phenoxy) is 2. The Labute approximate surface area is 168 Å². The summed E-state index contributed by atoms with van der Waals surface area (Å²) in [7, 11) is 3.28. The number of thiazole rings is 1. The van der Waals surface area contributed by atoms with Crippen LogP contribution in [0.25, 0.3) is 11.3 Å². The monoisotopic (exact) mass is 394 g/mol. The molecule has 0 aliphatic carbocycles. The van der Waals surface area contributed by atoms with Gasteiger partial charge in [-0.15, -0.1) is 11.3 Å². The van der Waals surface area contributed by atoms with Crippen molar-refractivity contribution in [3.8, 4) is 22.8 Å². The largest absolute Gasteiger partial charge is 0.493 e. The number of rotatable bonds is 6. The maximum Gasteiger partial charge on any atom is 0.227 e. The summed E-state index contributed by atoms with van der Waals surface area (Å²) in [5.74, 6) is 1.66. The Balaban J connectivity index is 1.49. The number of amides is 1. The van der Waals surface area contributed by atoms with Crippen LogP contribution >= 0.6 is 11.3 Å². The molecule has 0 unspecified atom stereocenters. The Hall–Kier alpha value is -2.86. The van der Waals surface area contributed by atoms with Gasteiger partial charge < -0.3 is 14.4 Å². The van der Waals surface area contributed by atoms with E-state index >= 15 is 0 Å². The quantitative estimate of drug-likeness (QED) is 0.616. The highest BCUT2D eigenvalue weighted by molar-refractivity contribution is 7.10. The molecule has 3 aromatic rings. The van der Waals surface area contributed by atoms with Crippen molar-refractivity contribution in [1.82, 2.24) is 4.98 Å². The minimum Gasteiger partial charge on any atom is -0.493 e. The summed E-state index contributed by atoms with van der Waals surface area (Å²) in [6, 6.07) is 14.0. The molecule has 0 N–H and O–H groups in total. The number of hydrogen-bond acceptors (Lipinski definition) is 5. The van der Waals surface area contributed by atoms with E-state index in [1.807, 2.05) is 47.4 Å². The molecule has 28 heavy (non-hydrogen) atoms. The minimum absolute atomic E-state index is 0.207. The van der Waals surface area contributed by atoms with Crippen LogP contribution in [0.3, 0.4) is 0 Å². The normalized spacial score (nSPS) is 13.8. The van der Waals surface area contributed by atoms with Crippen molar-refractivity contribution in [3.63, 3.8) is 0 Å². The number of aromatic nitrogens is 1. The first-order valence-electron chi connectivity index (χ1n) is 9.24. The lowest BCUT2D eigenvalue weighted by atomic mass is 10.1. The van der Waals surface area contributed by atoms with Crippen molar-refractivity contribution in [2.45, 2.75) is 19.3 Å². The summed E-state index contributed by atoms with van der Waals surface area (Å²) < 4.78 is 10.7. The average molecular weight is 394 g/mol. The molecule has 0 saturated carbocycles. The Morgan fingerprint density at radius 3 is 2.54 bits per heavy atom. The molecule has 1 saturated heterocycles. The van der Waals surface area contributed by atoms with E-state index in [4.69, 9.17) is 14.5 Å². The van der Waals surface area contributed by atoms with Gasteiger partial charge in [0.05, 0.1) is 24.9 Å². The molecule has 6 heteroatoms. The molecule has 4 rings (SSSR count). The van der Waals surface area contributed by atoms with E-state index in [9.17, 15) is 4.79 Å². The van der Waals surface area contributed by atoms with Gasteiger partial charge in [-0.3, -0.25) is 4.79 Å². The number of benzene rings is 2. The number of anilines is 1. The summed E-state index contributed by atoms with van der Waals surface area (Å²) in [6.45, 7) is 0.810. The van der Waals surface area contributed by atoms with E-state index in [1.165, 1.54) is 0 Å². The van der Waals surface area contributed by atoms with Gasteiger partial charge in [0.25, 0.3) is 0 Å². The molecular formula is C22H22N2O3S. The van der Waals surface area contributed by atoms with Crippen molar-refractivity contribution in [1.29, 1.82) is 0 Å². The minimum atomic E-state index is 0.207. The zero-order valence-corrected chi connectivity index (χ0v) is 16.8. The van der Waals surface area contributed by atoms with Crippen molar-refractivity contribution < 1.29 is 14.3 Å². The van der Waals surface area contributed by atoms with Gasteiger partial charge in [0.2, 0.25) is 5.91 Å². The predicted octanol–water partition coefficient (Wildman–Crippen LogP) is 4.54. The van der Waals surface area contributed by atoms with Gasteiger partial charge in [0.1, 0.15) is 0 Å². The van der Waals surface area contributed by atoms with Gasteiger partial charge in [-0.25, -0.2) is 4.98 Å². The lowest BCUT2D eigenvalue weighted by Gasteiger charge is -2.15. The lowest BCUT2D eigenvalue weighted by molar-refractivity contribution is -0.117. The second kappa shape index (κ2) is 8.02. The molecule has 5 nitrogen and oxygen atoms in total. The zero-order chi connectivity index (χ0) is 19.5. The summed E-state index contributed by atoms with van der Waals surface area (Å²) in [4.78, 5) is 18.5. The van der Waals surface area contributed by atoms with Gasteiger partial charge in [-0.05, 0) is 36.2 Å². The van der Waals surface area contributed by atoms with Crippen molar-refractivity contribution in [2.75, 3.05) is 25.7 Å². The molecule has 0 bridgehead atoms. The second-order valence-electron chi connectivity index (χ2n) is 6.69. The van der Waals surface area contributed by atoms with Crippen LogP contribution in [0.5, 0.6) is 11.5 Å². The van der Waals surface area contributed by atoms with Crippen LogP contribution in [0.15, 0.2) is 47.8 Å². The first-order chi connectivity index (χ1) is 13.7. The van der Waals surface area contributed by atoms with Crippen LogP contribution < -0.4 is 14.4 Å². The Morgan fingerprint density at radius 1 is 1.07 bits per heavy atom. The number of carbonyl (C=O) groups is 1. The van der Waals surface area contributed by atoms with E-state index in [2.05, 4.69) is 5.38 Å². The van der Waals surface area contributed by atoms with Gasteiger partial charge in [0, 0.05) is 36.0 Å². The highest BCUT2D eigenvalue weighted by atomic mass is 32.1. The summed E-state index contributed by atoms with van der Waals surface area (Å²) >= 11 is 1.64. The predicted molar refractivity (Wildman–Crippen MR) is 111 cm³/mol. The molecule has 1 amide bonds. The third-order valence-corrected chi connectivity index (χ3v) is 5.75. The van der Waals surface area contributed by atoms with Crippen LogP contribution in [-0.2, 0) is 11.2 Å². The third-order valence-electron chi connectivity index (χ3n) is 4.90. The Bertz CT molecular complexity index is 982. The lowest BCUT2D eigenvalue weighted by Crippen LogP contribution is -2.23. The molecule has 1 aliphatic rings. The van der Waals surface area contributed by atoms with Crippen LogP contribution in [0.4, 0.5) is 5.69 Å². The second-order valence-corrected chi connectivity index (χ2v) is 7.63. The zero-order valence-electron chi connectivity index (χ0n) is 16.0. The Morgan fingerprint density at radius 2 is 1.86 bits per heavy atom. The fraction of sp³-hybridized carbons (Fsp3) is 0.273. The summed E-state index contributed by atoms with van der Waals surface area (Å²) in [6.07, 6.45) is 2.32. The van der Waals surface area contributed by atoms with Crippen LogP contribution in [-0.4, -0.2) is 31.7 Å². The highest BCUT2D eigenvalue weighted by Gasteiger charge is 2.21. The summed E-state index contributed by atoms with van der Waals surface area (Å²) in [5.41, 5.74) is 4.11. The number of carbonyl (C=O) groups excluding carboxylic acids is 1. The molecule has 144 valence electrons. The van der Waals surface area contributed by atoms with E-state index < -0.39 is 0 Å². The fourth-order valence-electron chi connectivity index (χ4n) is 3.42. The summed E-state index contributed by atoms with van der Waals surface area (Å²) in [5, 5.41) is 3.12.